The van der Waals surface area contributed by atoms with Gasteiger partial charge in [-0.1, -0.05) is 18.5 Å². The molecule has 0 aliphatic carbocycles. The maximum Gasteiger partial charge on any atom is 0.272 e. The summed E-state index contributed by atoms with van der Waals surface area (Å²) in [7, 11) is 0. The molecule has 0 amide bonds. The number of hydrogen-bond acceptors (Lipinski definition) is 3. The molecule has 0 bridgehead atoms. The normalized spacial score (nSPS) is 19.9. The van der Waals surface area contributed by atoms with Crippen molar-refractivity contribution in [2.45, 2.75) is 19.8 Å². The summed E-state index contributed by atoms with van der Waals surface area (Å²) in [6, 6.07) is 2.93. The smallest absolute Gasteiger partial charge is 0.272 e. The Morgan fingerprint density at radius 3 is 2.83 bits per heavy atom. The van der Waals surface area contributed by atoms with Gasteiger partial charge >= 0.3 is 0 Å². The summed E-state index contributed by atoms with van der Waals surface area (Å²) in [5.74, 6) is 0.622. The van der Waals surface area contributed by atoms with Crippen LogP contribution in [0.1, 0.15) is 19.8 Å². The average Bonchev–Trinajstić information content (AvgIpc) is 2.27. The highest BCUT2D eigenvalue weighted by atomic mass is 79.9. The van der Waals surface area contributed by atoms with Crippen molar-refractivity contribution in [1.82, 2.24) is 0 Å². The van der Waals surface area contributed by atoms with Crippen LogP contribution >= 0.6 is 27.5 Å². The number of rotatable bonds is 2. The zero-order valence-corrected chi connectivity index (χ0v) is 12.4. The third-order valence-electron chi connectivity index (χ3n) is 3.19. The van der Waals surface area contributed by atoms with E-state index < -0.39 is 4.92 Å². The standard InChI is InChI=1S/C12H14BrClN2O2/c1-8-3-2-4-15(7-8)12-10(13)5-9(16(17)18)6-11(12)14/h5-6,8H,2-4,7H2,1H3/t8-/m1/s1. The predicted octanol–water partition coefficient (Wildman–Crippen LogP) is 4.25. The Kier molecular flexibility index (Phi) is 4.12. The monoisotopic (exact) mass is 332 g/mol. The fourth-order valence-corrected chi connectivity index (χ4v) is 3.50. The van der Waals surface area contributed by atoms with Gasteiger partial charge in [-0.3, -0.25) is 10.1 Å². The fraction of sp³-hybridized carbons (Fsp3) is 0.500. The van der Waals surface area contributed by atoms with Gasteiger partial charge in [0.15, 0.2) is 0 Å². The second-order valence-electron chi connectivity index (χ2n) is 4.71. The SMILES string of the molecule is C[C@@H]1CCCN(c2c(Cl)cc([N+](=O)[O-])cc2Br)C1. The lowest BCUT2D eigenvalue weighted by molar-refractivity contribution is -0.384. The van der Waals surface area contributed by atoms with E-state index in [9.17, 15) is 10.1 Å². The van der Waals surface area contributed by atoms with Gasteiger partial charge in [-0.05, 0) is 34.7 Å². The molecule has 98 valence electrons. The van der Waals surface area contributed by atoms with Crippen LogP contribution < -0.4 is 4.90 Å². The molecule has 1 aliphatic rings. The molecule has 2 rings (SSSR count). The minimum absolute atomic E-state index is 0.0145. The van der Waals surface area contributed by atoms with Crippen molar-refractivity contribution in [3.63, 3.8) is 0 Å². The molecule has 1 aliphatic heterocycles. The molecule has 1 aromatic carbocycles. The van der Waals surface area contributed by atoms with Crippen LogP contribution in [0.25, 0.3) is 0 Å². The van der Waals surface area contributed by atoms with Gasteiger partial charge in [-0.25, -0.2) is 0 Å². The van der Waals surface area contributed by atoms with Crippen LogP contribution in [-0.2, 0) is 0 Å². The lowest BCUT2D eigenvalue weighted by Gasteiger charge is -2.33. The Morgan fingerprint density at radius 2 is 2.28 bits per heavy atom. The summed E-state index contributed by atoms with van der Waals surface area (Å²) in [6.45, 7) is 4.09. The van der Waals surface area contributed by atoms with Gasteiger partial charge in [0.1, 0.15) is 0 Å². The summed E-state index contributed by atoms with van der Waals surface area (Å²) in [4.78, 5) is 12.5. The molecule has 0 aromatic heterocycles. The van der Waals surface area contributed by atoms with Crippen molar-refractivity contribution in [2.24, 2.45) is 5.92 Å². The lowest BCUT2D eigenvalue weighted by Crippen LogP contribution is -2.34. The molecule has 0 saturated carbocycles. The maximum absolute atomic E-state index is 10.8. The first-order valence-electron chi connectivity index (χ1n) is 5.87. The van der Waals surface area contributed by atoms with Gasteiger partial charge in [0.2, 0.25) is 0 Å². The Morgan fingerprint density at radius 1 is 1.56 bits per heavy atom. The molecule has 0 unspecified atom stereocenters. The van der Waals surface area contributed by atoms with E-state index in [1.807, 2.05) is 0 Å². The Balaban J connectivity index is 2.36. The van der Waals surface area contributed by atoms with E-state index >= 15 is 0 Å². The van der Waals surface area contributed by atoms with Crippen LogP contribution in [0.15, 0.2) is 16.6 Å². The fourth-order valence-electron chi connectivity index (χ4n) is 2.35. The van der Waals surface area contributed by atoms with E-state index in [4.69, 9.17) is 11.6 Å². The third kappa shape index (κ3) is 2.78. The number of piperidine rings is 1. The van der Waals surface area contributed by atoms with Crippen LogP contribution in [0, 0.1) is 16.0 Å². The highest BCUT2D eigenvalue weighted by Crippen LogP contribution is 2.39. The van der Waals surface area contributed by atoms with E-state index in [-0.39, 0.29) is 5.69 Å². The second-order valence-corrected chi connectivity index (χ2v) is 5.97. The third-order valence-corrected chi connectivity index (χ3v) is 4.08. The molecule has 1 saturated heterocycles. The van der Waals surface area contributed by atoms with Crippen LogP contribution in [0.2, 0.25) is 5.02 Å². The van der Waals surface area contributed by atoms with Gasteiger partial charge in [-0.2, -0.15) is 0 Å². The predicted molar refractivity (Wildman–Crippen MR) is 76.4 cm³/mol. The van der Waals surface area contributed by atoms with E-state index in [2.05, 4.69) is 27.8 Å². The van der Waals surface area contributed by atoms with Gasteiger partial charge in [0, 0.05) is 29.7 Å². The second kappa shape index (κ2) is 5.45. The minimum Gasteiger partial charge on any atom is -0.369 e. The van der Waals surface area contributed by atoms with Gasteiger partial charge in [-0.15, -0.1) is 0 Å². The molecule has 1 atom stereocenters. The molecule has 0 N–H and O–H groups in total. The van der Waals surface area contributed by atoms with Crippen LogP contribution in [-0.4, -0.2) is 18.0 Å². The summed E-state index contributed by atoms with van der Waals surface area (Å²) < 4.78 is 0.691. The van der Waals surface area contributed by atoms with Crippen LogP contribution in [0.3, 0.4) is 0 Å². The maximum atomic E-state index is 10.8. The molecule has 1 heterocycles. The number of hydrogen-bond donors (Lipinski definition) is 0. The minimum atomic E-state index is -0.431. The number of nitrogens with zero attached hydrogens (tertiary/aromatic N) is 2. The van der Waals surface area contributed by atoms with Crippen molar-refractivity contribution >= 4 is 38.9 Å². The summed E-state index contributed by atoms with van der Waals surface area (Å²) >= 11 is 9.57. The first kappa shape index (κ1) is 13.6. The first-order valence-corrected chi connectivity index (χ1v) is 7.04. The molecular formula is C12H14BrClN2O2. The molecule has 1 aromatic rings. The van der Waals surface area contributed by atoms with Gasteiger partial charge < -0.3 is 4.90 Å². The first-order chi connectivity index (χ1) is 8.49. The van der Waals surface area contributed by atoms with E-state index in [1.165, 1.54) is 18.6 Å². The van der Waals surface area contributed by atoms with Crippen molar-refractivity contribution in [1.29, 1.82) is 0 Å². The summed E-state index contributed by atoms with van der Waals surface area (Å²) in [5, 5.41) is 11.2. The van der Waals surface area contributed by atoms with E-state index in [0.29, 0.717) is 15.4 Å². The van der Waals surface area contributed by atoms with E-state index in [1.54, 1.807) is 0 Å². The Hall–Kier alpha value is -0.810. The molecule has 0 spiro atoms. The zero-order valence-electron chi connectivity index (χ0n) is 10.0. The number of nitro groups is 1. The Bertz CT molecular complexity index is 458. The average molecular weight is 334 g/mol. The highest BCUT2D eigenvalue weighted by Gasteiger charge is 2.23. The number of halogens is 2. The largest absolute Gasteiger partial charge is 0.369 e. The van der Waals surface area contributed by atoms with Crippen molar-refractivity contribution in [3.05, 3.63) is 31.7 Å². The molecule has 18 heavy (non-hydrogen) atoms. The quantitative estimate of drug-likeness (QED) is 0.600. The summed E-state index contributed by atoms with van der Waals surface area (Å²) in [6.07, 6.45) is 2.35. The number of non-ortho nitro benzene ring substituents is 1. The van der Waals surface area contributed by atoms with Gasteiger partial charge in [0.05, 0.1) is 15.6 Å². The van der Waals surface area contributed by atoms with Crippen LogP contribution in [0.4, 0.5) is 11.4 Å². The van der Waals surface area contributed by atoms with Crippen molar-refractivity contribution in [2.75, 3.05) is 18.0 Å². The summed E-state index contributed by atoms with van der Waals surface area (Å²) in [5.41, 5.74) is 0.884. The van der Waals surface area contributed by atoms with Crippen molar-refractivity contribution < 1.29 is 4.92 Å². The van der Waals surface area contributed by atoms with Gasteiger partial charge in [0.25, 0.3) is 5.69 Å². The molecule has 1 fully saturated rings. The Labute approximate surface area is 119 Å². The van der Waals surface area contributed by atoms with Crippen molar-refractivity contribution in [3.8, 4) is 0 Å². The highest BCUT2D eigenvalue weighted by molar-refractivity contribution is 9.10. The topological polar surface area (TPSA) is 46.4 Å². The molecular weight excluding hydrogens is 320 g/mol. The molecule has 4 nitrogen and oxygen atoms in total. The number of benzene rings is 1. The van der Waals surface area contributed by atoms with Crippen LogP contribution in [0.5, 0.6) is 0 Å². The van der Waals surface area contributed by atoms with E-state index in [0.717, 1.165) is 25.2 Å². The number of anilines is 1. The molecule has 6 heteroatoms. The zero-order chi connectivity index (χ0) is 13.3. The lowest BCUT2D eigenvalue weighted by atomic mass is 10.00. The molecule has 0 radical (unpaired) electrons. The number of nitro benzene ring substituents is 1.